The number of carbonyl (C=O) groups is 1. The van der Waals surface area contributed by atoms with Crippen LogP contribution in [-0.2, 0) is 14.3 Å². The van der Waals surface area contributed by atoms with Crippen molar-refractivity contribution in [3.8, 4) is 0 Å². The Morgan fingerprint density at radius 2 is 0.838 bits per heavy atom. The highest BCUT2D eigenvalue weighted by molar-refractivity contribution is 5.76. The topological polar surface area (TPSA) is 149 Å². The molecule has 1 fully saturated rings. The summed E-state index contributed by atoms with van der Waals surface area (Å²) in [5, 5.41) is 54.5. The SMILES string of the molecule is CC/C=C\C/C=C\C/C=C\C/C=C\C/C=C\C/C=C\C/C=C\CCCCCCCCCCCCCCCCCC(=O)NC(COC1OC(CO)C(O)C(O)C1O)C(O)/C=C/CCCCCCCCCCCCCC. The summed E-state index contributed by atoms with van der Waals surface area (Å²) >= 11 is 0. The highest BCUT2D eigenvalue weighted by atomic mass is 16.7. The Morgan fingerprint density at radius 1 is 0.473 bits per heavy atom. The Balaban J connectivity index is 2.12. The van der Waals surface area contributed by atoms with Crippen molar-refractivity contribution in [2.45, 2.75) is 294 Å². The molecule has 0 saturated carbocycles. The van der Waals surface area contributed by atoms with Crippen molar-refractivity contribution in [1.82, 2.24) is 5.32 Å². The lowest BCUT2D eigenvalue weighted by Crippen LogP contribution is -2.60. The number of nitrogens with one attached hydrogen (secondary N) is 1. The summed E-state index contributed by atoms with van der Waals surface area (Å²) in [4.78, 5) is 13.1. The van der Waals surface area contributed by atoms with Crippen molar-refractivity contribution in [3.63, 3.8) is 0 Å². The lowest BCUT2D eigenvalue weighted by molar-refractivity contribution is -0.302. The van der Waals surface area contributed by atoms with Crippen LogP contribution in [0.15, 0.2) is 97.2 Å². The molecule has 74 heavy (non-hydrogen) atoms. The molecule has 0 aromatic rings. The molecule has 1 amide bonds. The molecule has 1 rings (SSSR count). The Morgan fingerprint density at radius 3 is 1.24 bits per heavy atom. The van der Waals surface area contributed by atoms with Gasteiger partial charge in [0.25, 0.3) is 0 Å². The van der Waals surface area contributed by atoms with Crippen molar-refractivity contribution in [2.24, 2.45) is 0 Å². The van der Waals surface area contributed by atoms with Crippen LogP contribution in [0.25, 0.3) is 0 Å². The monoisotopic (exact) mass is 1040 g/mol. The number of unbranched alkanes of at least 4 members (excludes halogenated alkanes) is 27. The van der Waals surface area contributed by atoms with E-state index in [1.807, 2.05) is 6.08 Å². The first-order valence-electron chi connectivity index (χ1n) is 30.5. The fraction of sp³-hybridized carbons (Fsp3) is 0.738. The van der Waals surface area contributed by atoms with Crippen LogP contribution in [0, 0.1) is 0 Å². The molecular formula is C65H113NO8. The zero-order chi connectivity index (χ0) is 53.6. The van der Waals surface area contributed by atoms with Gasteiger partial charge in [0.15, 0.2) is 6.29 Å². The average molecular weight is 1040 g/mol. The van der Waals surface area contributed by atoms with Gasteiger partial charge in [0.05, 0.1) is 25.4 Å². The predicted octanol–water partition coefficient (Wildman–Crippen LogP) is 15.6. The van der Waals surface area contributed by atoms with Crippen LogP contribution in [0.4, 0.5) is 0 Å². The van der Waals surface area contributed by atoms with Gasteiger partial charge in [-0.05, 0) is 77.0 Å². The van der Waals surface area contributed by atoms with Crippen LogP contribution in [0.1, 0.15) is 251 Å². The van der Waals surface area contributed by atoms with Crippen LogP contribution in [0.2, 0.25) is 0 Å². The van der Waals surface area contributed by atoms with Gasteiger partial charge in [0.2, 0.25) is 5.91 Å². The van der Waals surface area contributed by atoms with Gasteiger partial charge in [-0.3, -0.25) is 4.79 Å². The summed E-state index contributed by atoms with van der Waals surface area (Å²) in [5.74, 6) is -0.179. The number of ether oxygens (including phenoxy) is 2. The first kappa shape index (κ1) is 69.1. The second-order valence-corrected chi connectivity index (χ2v) is 20.8. The molecule has 7 unspecified atom stereocenters. The lowest BCUT2D eigenvalue weighted by Gasteiger charge is -2.40. The second-order valence-electron chi connectivity index (χ2n) is 20.8. The predicted molar refractivity (Wildman–Crippen MR) is 313 cm³/mol. The highest BCUT2D eigenvalue weighted by Crippen LogP contribution is 2.23. The van der Waals surface area contributed by atoms with Crippen LogP contribution in [0.3, 0.4) is 0 Å². The van der Waals surface area contributed by atoms with Crippen LogP contribution < -0.4 is 5.32 Å². The number of carbonyl (C=O) groups excluding carboxylic acids is 1. The minimum Gasteiger partial charge on any atom is -0.394 e. The maximum atomic E-state index is 13.1. The summed E-state index contributed by atoms with van der Waals surface area (Å²) in [6.45, 7) is 3.66. The minimum absolute atomic E-state index is 0.179. The van der Waals surface area contributed by atoms with Gasteiger partial charge in [-0.1, -0.05) is 265 Å². The lowest BCUT2D eigenvalue weighted by atomic mass is 9.99. The molecule has 6 N–H and O–H groups in total. The van der Waals surface area contributed by atoms with Crippen molar-refractivity contribution < 1.29 is 39.8 Å². The molecule has 0 aromatic heterocycles. The molecule has 1 heterocycles. The van der Waals surface area contributed by atoms with E-state index >= 15 is 0 Å². The quantitative estimate of drug-likeness (QED) is 0.0261. The summed E-state index contributed by atoms with van der Waals surface area (Å²) < 4.78 is 11.3. The van der Waals surface area contributed by atoms with Gasteiger partial charge in [0, 0.05) is 6.42 Å². The Labute approximate surface area is 453 Å². The first-order chi connectivity index (χ1) is 36.3. The molecule has 9 nitrogen and oxygen atoms in total. The van der Waals surface area contributed by atoms with E-state index in [0.29, 0.717) is 6.42 Å². The van der Waals surface area contributed by atoms with Gasteiger partial charge in [-0.15, -0.1) is 0 Å². The largest absolute Gasteiger partial charge is 0.394 e. The zero-order valence-corrected chi connectivity index (χ0v) is 47.3. The number of rotatable bonds is 51. The Hall–Kier alpha value is -2.89. The summed E-state index contributed by atoms with van der Waals surface area (Å²) in [7, 11) is 0. The molecular weight excluding hydrogens is 923 g/mol. The third-order valence-corrected chi connectivity index (χ3v) is 13.9. The molecule has 0 aromatic carbocycles. The smallest absolute Gasteiger partial charge is 0.220 e. The molecule has 0 bridgehead atoms. The normalized spacial score (nSPS) is 19.7. The maximum Gasteiger partial charge on any atom is 0.220 e. The first-order valence-corrected chi connectivity index (χ1v) is 30.5. The Bertz CT molecular complexity index is 1480. The van der Waals surface area contributed by atoms with Gasteiger partial charge in [0.1, 0.15) is 24.4 Å². The maximum absolute atomic E-state index is 13.1. The van der Waals surface area contributed by atoms with Crippen molar-refractivity contribution in [3.05, 3.63) is 97.2 Å². The average Bonchev–Trinajstić information content (AvgIpc) is 3.40. The number of aliphatic hydroxyl groups is 5. The summed E-state index contributed by atoms with van der Waals surface area (Å²) in [6, 6.07) is -0.809. The fourth-order valence-electron chi connectivity index (χ4n) is 9.14. The molecule has 426 valence electrons. The molecule has 7 atom stereocenters. The van der Waals surface area contributed by atoms with Crippen LogP contribution >= 0.6 is 0 Å². The van der Waals surface area contributed by atoms with E-state index in [-0.39, 0.29) is 12.5 Å². The van der Waals surface area contributed by atoms with E-state index in [1.165, 1.54) is 148 Å². The zero-order valence-electron chi connectivity index (χ0n) is 47.3. The van der Waals surface area contributed by atoms with E-state index in [1.54, 1.807) is 6.08 Å². The third kappa shape index (κ3) is 42.2. The summed E-state index contributed by atoms with van der Waals surface area (Å²) in [6.07, 6.45) is 70.5. The van der Waals surface area contributed by atoms with Gasteiger partial charge in [-0.25, -0.2) is 0 Å². The van der Waals surface area contributed by atoms with Crippen LogP contribution in [0.5, 0.6) is 0 Å². The van der Waals surface area contributed by atoms with E-state index in [9.17, 15) is 30.3 Å². The molecule has 1 aliphatic rings. The van der Waals surface area contributed by atoms with Gasteiger partial charge in [-0.2, -0.15) is 0 Å². The van der Waals surface area contributed by atoms with E-state index in [0.717, 1.165) is 83.5 Å². The van der Waals surface area contributed by atoms with Crippen LogP contribution in [-0.4, -0.2) is 87.5 Å². The van der Waals surface area contributed by atoms with Gasteiger partial charge >= 0.3 is 0 Å². The molecule has 0 spiro atoms. The second kappa shape index (κ2) is 53.5. The number of amides is 1. The number of hydrogen-bond donors (Lipinski definition) is 6. The number of hydrogen-bond acceptors (Lipinski definition) is 8. The molecule has 0 aliphatic carbocycles. The standard InChI is InChI=1S/C65H113NO8/c1-3-5-7-9-11-13-15-17-19-20-21-22-23-24-25-26-27-28-29-30-31-32-33-34-35-36-37-38-39-40-41-43-45-47-49-51-53-55-61(69)66-58(57-73-65-64(72)63(71)62(70)60(56-67)74-65)59(68)54-52-50-48-46-44-42-18-16-14-12-10-8-6-4-2/h5,7,11,13,17,19,21-22,24-25,27-28,30-31,52,54,58-60,62-65,67-68,70-72H,3-4,6,8-10,12,14-16,18,20,23,26,29,32-51,53,55-57H2,1-2H3,(H,66,69)/b7-5-,13-11-,19-17-,22-21-,25-24-,28-27-,31-30-,54-52+. The van der Waals surface area contributed by atoms with E-state index in [4.69, 9.17) is 9.47 Å². The fourth-order valence-corrected chi connectivity index (χ4v) is 9.14. The number of allylic oxidation sites excluding steroid dienone is 15. The molecule has 1 aliphatic heterocycles. The van der Waals surface area contributed by atoms with E-state index in [2.05, 4.69) is 104 Å². The number of aliphatic hydroxyl groups excluding tert-OH is 5. The third-order valence-electron chi connectivity index (χ3n) is 13.9. The van der Waals surface area contributed by atoms with Crippen molar-refractivity contribution >= 4 is 5.91 Å². The highest BCUT2D eigenvalue weighted by Gasteiger charge is 2.44. The summed E-state index contributed by atoms with van der Waals surface area (Å²) in [5.41, 5.74) is 0. The minimum atomic E-state index is -1.57. The Kier molecular flexibility index (Phi) is 50.0. The molecule has 1 saturated heterocycles. The molecule has 0 radical (unpaired) electrons. The van der Waals surface area contributed by atoms with Gasteiger partial charge < -0.3 is 40.3 Å². The molecule has 9 heteroatoms. The van der Waals surface area contributed by atoms with Crippen molar-refractivity contribution in [1.29, 1.82) is 0 Å². The van der Waals surface area contributed by atoms with E-state index < -0.39 is 49.5 Å². The van der Waals surface area contributed by atoms with Crippen molar-refractivity contribution in [2.75, 3.05) is 13.2 Å².